The monoisotopic (exact) mass is 385 g/mol. The average molecular weight is 385 g/mol. The van der Waals surface area contributed by atoms with Crippen molar-refractivity contribution < 1.29 is 19.1 Å². The van der Waals surface area contributed by atoms with Crippen LogP contribution in [0.3, 0.4) is 0 Å². The van der Waals surface area contributed by atoms with E-state index >= 15 is 0 Å². The Morgan fingerprint density at radius 2 is 1.96 bits per heavy atom. The van der Waals surface area contributed by atoms with E-state index < -0.39 is 11.9 Å². The van der Waals surface area contributed by atoms with Gasteiger partial charge < -0.3 is 14.4 Å². The Kier molecular flexibility index (Phi) is 6.19. The van der Waals surface area contributed by atoms with Gasteiger partial charge in [0.15, 0.2) is 0 Å². The van der Waals surface area contributed by atoms with Gasteiger partial charge in [-0.25, -0.2) is 4.79 Å². The molecule has 0 spiro atoms. The predicted octanol–water partition coefficient (Wildman–Crippen LogP) is 3.67. The first-order valence-corrected chi connectivity index (χ1v) is 9.84. The molecule has 0 saturated heterocycles. The normalized spacial score (nSPS) is 15.3. The van der Waals surface area contributed by atoms with Crippen molar-refractivity contribution in [3.8, 4) is 5.75 Å². The third kappa shape index (κ3) is 4.70. The SMILES string of the molecule is CC(=O)OC(=O)c1ccc2c(c1)C(SCCN(C)C)c1ccccc1CO2. The Hall–Kier alpha value is -2.31. The minimum Gasteiger partial charge on any atom is -0.489 e. The standard InChI is InChI=1S/C21H23NO4S/c1-14(23)26-21(24)15-8-9-19-18(12-15)20(27-11-10-22(2)3)17-7-5-4-6-16(17)13-25-19/h4-9,12,20H,10-11,13H2,1-3H3. The molecule has 0 bridgehead atoms. The first-order chi connectivity index (χ1) is 13.0. The van der Waals surface area contributed by atoms with Gasteiger partial charge in [0.1, 0.15) is 12.4 Å². The molecular weight excluding hydrogens is 362 g/mol. The number of carbonyl (C=O) groups excluding carboxylic acids is 2. The molecule has 5 nitrogen and oxygen atoms in total. The Balaban J connectivity index is 1.99. The van der Waals surface area contributed by atoms with Crippen molar-refractivity contribution in [1.82, 2.24) is 4.90 Å². The van der Waals surface area contributed by atoms with Crippen LogP contribution in [0.2, 0.25) is 0 Å². The average Bonchev–Trinajstić information content (AvgIpc) is 2.78. The second kappa shape index (κ2) is 8.59. The third-order valence-electron chi connectivity index (χ3n) is 4.31. The molecule has 0 aromatic heterocycles. The molecule has 6 heteroatoms. The fraction of sp³-hybridized carbons (Fsp3) is 0.333. The number of rotatable bonds is 5. The molecule has 27 heavy (non-hydrogen) atoms. The molecule has 1 aliphatic rings. The van der Waals surface area contributed by atoms with Crippen LogP contribution >= 0.6 is 11.8 Å². The summed E-state index contributed by atoms with van der Waals surface area (Å²) in [7, 11) is 4.10. The molecule has 0 N–H and O–H groups in total. The molecule has 1 aliphatic heterocycles. The molecule has 0 saturated carbocycles. The molecule has 1 heterocycles. The first kappa shape index (κ1) is 19.5. The molecule has 1 unspecified atom stereocenters. The maximum atomic E-state index is 12.2. The van der Waals surface area contributed by atoms with E-state index in [9.17, 15) is 9.59 Å². The number of esters is 2. The summed E-state index contributed by atoms with van der Waals surface area (Å²) in [5, 5.41) is 0.0451. The topological polar surface area (TPSA) is 55.8 Å². The van der Waals surface area contributed by atoms with E-state index in [0.717, 1.165) is 29.2 Å². The fourth-order valence-electron chi connectivity index (χ4n) is 2.98. The lowest BCUT2D eigenvalue weighted by Gasteiger charge is -2.20. The van der Waals surface area contributed by atoms with E-state index in [2.05, 4.69) is 31.1 Å². The molecule has 1 atom stereocenters. The summed E-state index contributed by atoms with van der Waals surface area (Å²) in [5.41, 5.74) is 3.62. The van der Waals surface area contributed by atoms with E-state index in [-0.39, 0.29) is 5.25 Å². The zero-order valence-electron chi connectivity index (χ0n) is 15.7. The van der Waals surface area contributed by atoms with Crippen LogP contribution in [0.4, 0.5) is 0 Å². The van der Waals surface area contributed by atoms with Crippen LogP contribution in [-0.2, 0) is 16.1 Å². The van der Waals surface area contributed by atoms with Gasteiger partial charge in [0, 0.05) is 24.8 Å². The fourth-order valence-corrected chi connectivity index (χ4v) is 4.46. The van der Waals surface area contributed by atoms with Crippen LogP contribution in [0.5, 0.6) is 5.75 Å². The van der Waals surface area contributed by atoms with Gasteiger partial charge in [0.2, 0.25) is 0 Å². The number of ether oxygens (including phenoxy) is 2. The molecule has 2 aromatic carbocycles. The predicted molar refractivity (Wildman–Crippen MR) is 106 cm³/mol. The summed E-state index contributed by atoms with van der Waals surface area (Å²) in [6.45, 7) is 2.66. The van der Waals surface area contributed by atoms with Gasteiger partial charge in [-0.1, -0.05) is 24.3 Å². The van der Waals surface area contributed by atoms with Crippen LogP contribution in [-0.4, -0.2) is 43.2 Å². The summed E-state index contributed by atoms with van der Waals surface area (Å²) >= 11 is 1.82. The van der Waals surface area contributed by atoms with Crippen molar-refractivity contribution in [3.05, 3.63) is 64.7 Å². The summed E-state index contributed by atoms with van der Waals surface area (Å²) in [5.74, 6) is 0.439. The molecule has 0 aliphatic carbocycles. The van der Waals surface area contributed by atoms with Crippen molar-refractivity contribution in [2.75, 3.05) is 26.4 Å². The van der Waals surface area contributed by atoms with Gasteiger partial charge in [-0.2, -0.15) is 0 Å². The lowest BCUT2D eigenvalue weighted by Crippen LogP contribution is -2.16. The highest BCUT2D eigenvalue weighted by molar-refractivity contribution is 7.99. The number of nitrogens with zero attached hydrogens (tertiary/aromatic N) is 1. The quantitative estimate of drug-likeness (QED) is 0.578. The van der Waals surface area contributed by atoms with Crippen molar-refractivity contribution in [1.29, 1.82) is 0 Å². The van der Waals surface area contributed by atoms with Crippen LogP contribution in [0.1, 0.15) is 39.2 Å². The summed E-state index contributed by atoms with van der Waals surface area (Å²) in [4.78, 5) is 25.5. The molecule has 0 fully saturated rings. The number of carbonyl (C=O) groups is 2. The third-order valence-corrected chi connectivity index (χ3v) is 5.57. The van der Waals surface area contributed by atoms with Gasteiger partial charge in [0.05, 0.1) is 10.8 Å². The van der Waals surface area contributed by atoms with Crippen molar-refractivity contribution in [2.24, 2.45) is 0 Å². The van der Waals surface area contributed by atoms with Crippen LogP contribution in [0.15, 0.2) is 42.5 Å². The second-order valence-corrected chi connectivity index (χ2v) is 7.89. The number of thioether (sulfide) groups is 1. The molecule has 142 valence electrons. The first-order valence-electron chi connectivity index (χ1n) is 8.79. The van der Waals surface area contributed by atoms with Crippen LogP contribution in [0.25, 0.3) is 0 Å². The van der Waals surface area contributed by atoms with Gasteiger partial charge in [0.25, 0.3) is 0 Å². The lowest BCUT2D eigenvalue weighted by molar-refractivity contribution is -0.135. The summed E-state index contributed by atoms with van der Waals surface area (Å²) in [6, 6.07) is 13.4. The van der Waals surface area contributed by atoms with E-state index in [0.29, 0.717) is 12.2 Å². The highest BCUT2D eigenvalue weighted by Gasteiger charge is 2.26. The lowest BCUT2D eigenvalue weighted by atomic mass is 9.98. The van der Waals surface area contributed by atoms with Gasteiger partial charge in [-0.3, -0.25) is 4.79 Å². The van der Waals surface area contributed by atoms with Crippen molar-refractivity contribution in [2.45, 2.75) is 18.8 Å². The zero-order chi connectivity index (χ0) is 19.4. The van der Waals surface area contributed by atoms with Gasteiger partial charge in [-0.15, -0.1) is 11.8 Å². The zero-order valence-corrected chi connectivity index (χ0v) is 16.5. The maximum absolute atomic E-state index is 12.2. The maximum Gasteiger partial charge on any atom is 0.345 e. The van der Waals surface area contributed by atoms with E-state index in [1.165, 1.54) is 12.5 Å². The smallest absolute Gasteiger partial charge is 0.345 e. The molecule has 0 radical (unpaired) electrons. The van der Waals surface area contributed by atoms with Crippen LogP contribution < -0.4 is 4.74 Å². The number of benzene rings is 2. The molecule has 2 aromatic rings. The molecule has 0 amide bonds. The minimum atomic E-state index is -0.639. The van der Waals surface area contributed by atoms with Crippen molar-refractivity contribution in [3.63, 3.8) is 0 Å². The summed E-state index contributed by atoms with van der Waals surface area (Å²) < 4.78 is 10.7. The van der Waals surface area contributed by atoms with Gasteiger partial charge >= 0.3 is 11.9 Å². The number of hydrogen-bond donors (Lipinski definition) is 0. The summed E-state index contributed by atoms with van der Waals surface area (Å²) in [6.07, 6.45) is 0. The highest BCUT2D eigenvalue weighted by Crippen LogP contribution is 2.44. The van der Waals surface area contributed by atoms with E-state index in [4.69, 9.17) is 9.47 Å². The Bertz CT molecular complexity index is 850. The largest absolute Gasteiger partial charge is 0.489 e. The van der Waals surface area contributed by atoms with Crippen LogP contribution in [0, 0.1) is 0 Å². The number of hydrogen-bond acceptors (Lipinski definition) is 6. The highest BCUT2D eigenvalue weighted by atomic mass is 32.2. The Labute approximate surface area is 163 Å². The van der Waals surface area contributed by atoms with E-state index in [1.807, 2.05) is 23.9 Å². The molecular formula is C21H23NO4S. The number of fused-ring (bicyclic) bond motifs is 2. The van der Waals surface area contributed by atoms with E-state index in [1.54, 1.807) is 18.2 Å². The second-order valence-electron chi connectivity index (χ2n) is 6.68. The van der Waals surface area contributed by atoms with Gasteiger partial charge in [-0.05, 0) is 43.4 Å². The minimum absolute atomic E-state index is 0.0451. The van der Waals surface area contributed by atoms with Crippen molar-refractivity contribution >= 4 is 23.7 Å². The Morgan fingerprint density at radius 3 is 2.70 bits per heavy atom. The molecule has 3 rings (SSSR count). The Morgan fingerprint density at radius 1 is 1.19 bits per heavy atom.